The molecule has 0 aliphatic carbocycles. The van der Waals surface area contributed by atoms with E-state index in [4.69, 9.17) is 4.42 Å². The van der Waals surface area contributed by atoms with Gasteiger partial charge in [0.2, 0.25) is 11.8 Å². The number of anilines is 1. The number of piperazine rings is 1. The number of carbonyl (C=O) groups excluding carboxylic acids is 1. The number of nitrogens with one attached hydrogen (secondary N) is 1. The molecule has 1 fully saturated rings. The number of rotatable bonds is 7. The molecular weight excluding hydrogens is 437 g/mol. The summed E-state index contributed by atoms with van der Waals surface area (Å²) in [6, 6.07) is 14.9. The van der Waals surface area contributed by atoms with Gasteiger partial charge in [0.15, 0.2) is 5.76 Å². The summed E-state index contributed by atoms with van der Waals surface area (Å²) >= 11 is 0. The number of hydrogen-bond donors (Lipinski definition) is 1. The summed E-state index contributed by atoms with van der Waals surface area (Å²) in [5.74, 6) is 0.823. The molecule has 33 heavy (non-hydrogen) atoms. The molecule has 0 atom stereocenters. The van der Waals surface area contributed by atoms with Gasteiger partial charge in [-0.25, -0.2) is 4.98 Å². The van der Waals surface area contributed by atoms with E-state index in [0.29, 0.717) is 31.2 Å². The Morgan fingerprint density at radius 3 is 2.33 bits per heavy atom. The van der Waals surface area contributed by atoms with Crippen molar-refractivity contribution in [2.75, 3.05) is 38.0 Å². The molecule has 3 aromatic rings. The molecule has 1 saturated heterocycles. The van der Waals surface area contributed by atoms with E-state index in [1.807, 2.05) is 35.2 Å². The highest BCUT2D eigenvalue weighted by molar-refractivity contribution is 5.92. The summed E-state index contributed by atoms with van der Waals surface area (Å²) in [6.45, 7) is 3.74. The lowest BCUT2D eigenvalue weighted by molar-refractivity contribution is -0.274. The van der Waals surface area contributed by atoms with E-state index in [1.54, 1.807) is 6.20 Å². The Balaban J connectivity index is 1.20. The van der Waals surface area contributed by atoms with Crippen LogP contribution in [0.2, 0.25) is 0 Å². The number of alkyl halides is 3. The molecule has 0 bridgehead atoms. The zero-order chi connectivity index (χ0) is 23.3. The maximum Gasteiger partial charge on any atom is 0.573 e. The fourth-order valence-corrected chi connectivity index (χ4v) is 3.56. The molecule has 10 heteroatoms. The molecule has 1 aromatic heterocycles. The quantitative estimate of drug-likeness (QED) is 0.575. The number of benzene rings is 2. The second kappa shape index (κ2) is 10.1. The van der Waals surface area contributed by atoms with E-state index in [-0.39, 0.29) is 18.2 Å². The third-order valence-electron chi connectivity index (χ3n) is 5.17. The molecule has 2 aromatic carbocycles. The topological polar surface area (TPSA) is 70.8 Å². The monoisotopic (exact) mass is 460 g/mol. The molecule has 1 amide bonds. The Morgan fingerprint density at radius 1 is 1.00 bits per heavy atom. The minimum atomic E-state index is -4.75. The van der Waals surface area contributed by atoms with Crippen molar-refractivity contribution in [3.63, 3.8) is 0 Å². The van der Waals surface area contributed by atoms with Gasteiger partial charge in [0.25, 0.3) is 0 Å². The highest BCUT2D eigenvalue weighted by Gasteiger charge is 2.31. The van der Waals surface area contributed by atoms with Crippen molar-refractivity contribution >= 4 is 11.6 Å². The van der Waals surface area contributed by atoms with E-state index in [1.165, 1.54) is 12.1 Å². The molecule has 7 nitrogen and oxygen atoms in total. The fraction of sp³-hybridized carbons (Fsp3) is 0.304. The number of hydrogen-bond acceptors (Lipinski definition) is 6. The number of ether oxygens (including phenoxy) is 1. The zero-order valence-corrected chi connectivity index (χ0v) is 17.7. The number of nitrogens with zero attached hydrogens (tertiary/aromatic N) is 3. The number of carbonyl (C=O) groups is 1. The van der Waals surface area contributed by atoms with Gasteiger partial charge in [0, 0.05) is 37.4 Å². The normalized spacial score (nSPS) is 15.4. The number of amides is 1. The van der Waals surface area contributed by atoms with Crippen LogP contribution in [0.25, 0.3) is 11.3 Å². The first-order valence-corrected chi connectivity index (χ1v) is 10.4. The van der Waals surface area contributed by atoms with Crippen LogP contribution in [-0.4, -0.2) is 59.8 Å². The smallest absolute Gasteiger partial charge is 0.439 e. The second-order valence-corrected chi connectivity index (χ2v) is 7.66. The van der Waals surface area contributed by atoms with Crippen LogP contribution in [0.1, 0.15) is 5.89 Å². The summed E-state index contributed by atoms with van der Waals surface area (Å²) in [6.07, 6.45) is -3.02. The van der Waals surface area contributed by atoms with Crippen LogP contribution in [0, 0.1) is 0 Å². The fourth-order valence-electron chi connectivity index (χ4n) is 3.56. The predicted molar refractivity (Wildman–Crippen MR) is 115 cm³/mol. The maximum atomic E-state index is 12.3. The summed E-state index contributed by atoms with van der Waals surface area (Å²) in [5.41, 5.74) is 1.39. The number of aromatic nitrogens is 1. The van der Waals surface area contributed by atoms with Crippen LogP contribution in [-0.2, 0) is 11.3 Å². The minimum absolute atomic E-state index is 0.200. The van der Waals surface area contributed by atoms with E-state index in [0.717, 1.165) is 36.5 Å². The van der Waals surface area contributed by atoms with Crippen LogP contribution in [0.15, 0.2) is 65.2 Å². The minimum Gasteiger partial charge on any atom is -0.439 e. The van der Waals surface area contributed by atoms with Crippen molar-refractivity contribution in [1.29, 1.82) is 0 Å². The molecule has 0 spiro atoms. The number of oxazole rings is 1. The van der Waals surface area contributed by atoms with Gasteiger partial charge in [-0.3, -0.25) is 14.6 Å². The van der Waals surface area contributed by atoms with Crippen molar-refractivity contribution in [1.82, 2.24) is 14.8 Å². The summed E-state index contributed by atoms with van der Waals surface area (Å²) in [4.78, 5) is 20.9. The van der Waals surface area contributed by atoms with Gasteiger partial charge in [-0.1, -0.05) is 30.3 Å². The average molecular weight is 460 g/mol. The predicted octanol–water partition coefficient (Wildman–Crippen LogP) is 4.00. The van der Waals surface area contributed by atoms with Gasteiger partial charge in [-0.05, 0) is 24.3 Å². The molecule has 2 heterocycles. The summed E-state index contributed by atoms with van der Waals surface area (Å²) < 4.78 is 46.4. The molecule has 0 unspecified atom stereocenters. The van der Waals surface area contributed by atoms with Crippen molar-refractivity contribution in [3.05, 3.63) is 66.7 Å². The highest BCUT2D eigenvalue weighted by atomic mass is 19.4. The SMILES string of the molecule is O=C(CN1CCN(Cc2ncc(-c3ccccc3)o2)CC1)Nc1ccc(OC(F)(F)F)cc1. The van der Waals surface area contributed by atoms with E-state index >= 15 is 0 Å². The van der Waals surface area contributed by atoms with Crippen molar-refractivity contribution < 1.29 is 27.1 Å². The first-order chi connectivity index (χ1) is 15.8. The van der Waals surface area contributed by atoms with E-state index < -0.39 is 6.36 Å². The lowest BCUT2D eigenvalue weighted by atomic mass is 10.2. The molecular formula is C23H23F3N4O3. The Morgan fingerprint density at radius 2 is 1.67 bits per heavy atom. The number of halogens is 3. The largest absolute Gasteiger partial charge is 0.573 e. The lowest BCUT2D eigenvalue weighted by Gasteiger charge is -2.33. The molecule has 174 valence electrons. The third kappa shape index (κ3) is 6.80. The lowest BCUT2D eigenvalue weighted by Crippen LogP contribution is -2.48. The summed E-state index contributed by atoms with van der Waals surface area (Å²) in [7, 11) is 0. The van der Waals surface area contributed by atoms with Gasteiger partial charge in [-0.2, -0.15) is 0 Å². The van der Waals surface area contributed by atoms with Crippen LogP contribution in [0.5, 0.6) is 5.75 Å². The first kappa shape index (κ1) is 22.8. The molecule has 0 radical (unpaired) electrons. The Hall–Kier alpha value is -3.37. The Bertz CT molecular complexity index is 1050. The van der Waals surface area contributed by atoms with Crippen LogP contribution >= 0.6 is 0 Å². The van der Waals surface area contributed by atoms with Crippen molar-refractivity contribution in [2.24, 2.45) is 0 Å². The Labute approximate surface area is 188 Å². The van der Waals surface area contributed by atoms with Crippen molar-refractivity contribution in [2.45, 2.75) is 12.9 Å². The second-order valence-electron chi connectivity index (χ2n) is 7.66. The standard InChI is InChI=1S/C23H23F3N4O3/c24-23(25,26)33-19-8-6-18(7-9-19)28-21(31)15-29-10-12-30(13-11-29)16-22-27-14-20(32-22)17-4-2-1-3-5-17/h1-9,14H,10-13,15-16H2,(H,28,31). The first-order valence-electron chi connectivity index (χ1n) is 10.4. The molecule has 0 saturated carbocycles. The van der Waals surface area contributed by atoms with Gasteiger partial charge in [0.05, 0.1) is 19.3 Å². The van der Waals surface area contributed by atoms with Crippen LogP contribution in [0.4, 0.5) is 18.9 Å². The van der Waals surface area contributed by atoms with Gasteiger partial charge in [0.1, 0.15) is 5.75 Å². The van der Waals surface area contributed by atoms with Gasteiger partial charge >= 0.3 is 6.36 Å². The van der Waals surface area contributed by atoms with Gasteiger partial charge in [-0.15, -0.1) is 13.2 Å². The molecule has 1 aliphatic rings. The zero-order valence-electron chi connectivity index (χ0n) is 17.7. The summed E-state index contributed by atoms with van der Waals surface area (Å²) in [5, 5.41) is 2.69. The maximum absolute atomic E-state index is 12.3. The van der Waals surface area contributed by atoms with E-state index in [9.17, 15) is 18.0 Å². The molecule has 1 aliphatic heterocycles. The van der Waals surface area contributed by atoms with Crippen LogP contribution < -0.4 is 10.1 Å². The molecule has 1 N–H and O–H groups in total. The van der Waals surface area contributed by atoms with E-state index in [2.05, 4.69) is 19.9 Å². The van der Waals surface area contributed by atoms with Gasteiger partial charge < -0.3 is 14.5 Å². The van der Waals surface area contributed by atoms with Crippen LogP contribution in [0.3, 0.4) is 0 Å². The average Bonchev–Trinajstić information content (AvgIpc) is 3.25. The third-order valence-corrected chi connectivity index (χ3v) is 5.17. The Kier molecular flexibility index (Phi) is 6.95. The highest BCUT2D eigenvalue weighted by Crippen LogP contribution is 2.24. The molecule has 4 rings (SSSR count). The van der Waals surface area contributed by atoms with Crippen molar-refractivity contribution in [3.8, 4) is 17.1 Å².